The molecule has 94 valence electrons. The van der Waals surface area contributed by atoms with Gasteiger partial charge >= 0.3 is 5.97 Å². The lowest BCUT2D eigenvalue weighted by molar-refractivity contribution is -0.139. The molecule has 0 unspecified atom stereocenters. The number of carbonyl (C=O) groups is 1. The maximum absolute atomic E-state index is 11.3. The van der Waals surface area contributed by atoms with E-state index in [1.807, 2.05) is 12.1 Å². The molecule has 0 saturated carbocycles. The van der Waals surface area contributed by atoms with Gasteiger partial charge in [-0.1, -0.05) is 23.7 Å². The number of ether oxygens (including phenoxy) is 1. The molecule has 2 N–H and O–H groups in total. The Kier molecular flexibility index (Phi) is 3.84. The van der Waals surface area contributed by atoms with Crippen LogP contribution in [0, 0.1) is 0 Å². The Morgan fingerprint density at radius 2 is 2.11 bits per heavy atom. The summed E-state index contributed by atoms with van der Waals surface area (Å²) in [5, 5.41) is 1.08. The van der Waals surface area contributed by atoms with E-state index in [9.17, 15) is 4.79 Å². The lowest BCUT2D eigenvalue weighted by atomic mass is 10.1. The molecule has 0 aliphatic heterocycles. The first-order valence-electron chi connectivity index (χ1n) is 5.18. The van der Waals surface area contributed by atoms with Gasteiger partial charge in [0.1, 0.15) is 0 Å². The zero-order chi connectivity index (χ0) is 13.1. The average Bonchev–Trinajstić information content (AvgIpc) is 2.71. The predicted octanol–water partition coefficient (Wildman–Crippen LogP) is 2.76. The second kappa shape index (κ2) is 5.37. The van der Waals surface area contributed by atoms with Crippen LogP contribution in [0.3, 0.4) is 0 Å². The Morgan fingerprint density at radius 3 is 2.72 bits per heavy atom. The van der Waals surface area contributed by atoms with E-state index < -0.39 is 0 Å². The van der Waals surface area contributed by atoms with Gasteiger partial charge in [0, 0.05) is 15.5 Å². The molecule has 0 aliphatic carbocycles. The molecule has 0 spiro atoms. The fourth-order valence-electron chi connectivity index (χ4n) is 1.53. The molecule has 0 amide bonds. The number of esters is 1. The van der Waals surface area contributed by atoms with Crippen LogP contribution < -0.4 is 5.73 Å². The number of anilines is 1. The molecule has 0 saturated heterocycles. The number of thiazole rings is 1. The van der Waals surface area contributed by atoms with Crippen molar-refractivity contribution in [2.24, 2.45) is 0 Å². The van der Waals surface area contributed by atoms with Gasteiger partial charge in [-0.3, -0.25) is 4.79 Å². The van der Waals surface area contributed by atoms with Gasteiger partial charge in [-0.2, -0.15) is 0 Å². The topological polar surface area (TPSA) is 65.2 Å². The van der Waals surface area contributed by atoms with E-state index in [-0.39, 0.29) is 12.4 Å². The van der Waals surface area contributed by atoms with Crippen molar-refractivity contribution in [3.8, 4) is 11.3 Å². The Hall–Kier alpha value is -1.59. The van der Waals surface area contributed by atoms with Crippen molar-refractivity contribution in [1.29, 1.82) is 0 Å². The number of nitrogens with two attached hydrogens (primary N) is 1. The van der Waals surface area contributed by atoms with Crippen LogP contribution in [-0.2, 0) is 16.0 Å². The van der Waals surface area contributed by atoms with Gasteiger partial charge in [-0.05, 0) is 12.1 Å². The minimum Gasteiger partial charge on any atom is -0.469 e. The van der Waals surface area contributed by atoms with Crippen LogP contribution in [0.1, 0.15) is 4.88 Å². The monoisotopic (exact) mass is 282 g/mol. The number of hydrogen-bond acceptors (Lipinski definition) is 5. The number of benzene rings is 1. The van der Waals surface area contributed by atoms with Crippen molar-refractivity contribution in [3.05, 3.63) is 34.2 Å². The third-order valence-electron chi connectivity index (χ3n) is 2.36. The highest BCUT2D eigenvalue weighted by molar-refractivity contribution is 7.15. The zero-order valence-electron chi connectivity index (χ0n) is 9.64. The fourth-order valence-corrected chi connectivity index (χ4v) is 2.49. The Balaban J connectivity index is 2.37. The van der Waals surface area contributed by atoms with Crippen LogP contribution in [0.4, 0.5) is 5.13 Å². The number of aromatic nitrogens is 1. The highest BCUT2D eigenvalue weighted by Crippen LogP contribution is 2.30. The molecule has 6 heteroatoms. The van der Waals surface area contributed by atoms with E-state index in [1.165, 1.54) is 18.4 Å². The summed E-state index contributed by atoms with van der Waals surface area (Å²) in [6.45, 7) is 0. The molecule has 2 rings (SSSR count). The van der Waals surface area contributed by atoms with E-state index in [1.54, 1.807) is 12.1 Å². The number of nitrogen functional groups attached to an aromatic ring is 1. The summed E-state index contributed by atoms with van der Waals surface area (Å²) in [6.07, 6.45) is 0.170. The average molecular weight is 283 g/mol. The first-order valence-corrected chi connectivity index (χ1v) is 6.37. The van der Waals surface area contributed by atoms with Crippen molar-refractivity contribution in [3.63, 3.8) is 0 Å². The molecule has 1 aromatic carbocycles. The summed E-state index contributed by atoms with van der Waals surface area (Å²) in [4.78, 5) is 16.4. The molecule has 4 nitrogen and oxygen atoms in total. The lowest BCUT2D eigenvalue weighted by Gasteiger charge is -2.01. The zero-order valence-corrected chi connectivity index (χ0v) is 11.2. The van der Waals surface area contributed by atoms with Gasteiger partial charge in [0.25, 0.3) is 0 Å². The summed E-state index contributed by atoms with van der Waals surface area (Å²) in [5.74, 6) is -0.311. The number of nitrogens with zero attached hydrogens (tertiary/aromatic N) is 1. The van der Waals surface area contributed by atoms with Crippen molar-refractivity contribution in [2.45, 2.75) is 6.42 Å². The van der Waals surface area contributed by atoms with Crippen LogP contribution in [0.5, 0.6) is 0 Å². The Morgan fingerprint density at radius 1 is 1.44 bits per heavy atom. The van der Waals surface area contributed by atoms with Crippen LogP contribution in [0.15, 0.2) is 24.3 Å². The van der Waals surface area contributed by atoms with Crippen LogP contribution >= 0.6 is 22.9 Å². The number of methoxy groups -OCH3 is 1. The second-order valence-corrected chi connectivity index (χ2v) is 5.14. The number of carbonyl (C=O) groups excluding carboxylic acids is 1. The van der Waals surface area contributed by atoms with Gasteiger partial charge in [0.05, 0.1) is 19.2 Å². The van der Waals surface area contributed by atoms with Crippen molar-refractivity contribution in [2.75, 3.05) is 12.8 Å². The quantitative estimate of drug-likeness (QED) is 0.879. The fraction of sp³-hybridized carbons (Fsp3) is 0.167. The molecular weight excluding hydrogens is 272 g/mol. The van der Waals surface area contributed by atoms with Crippen LogP contribution in [0.25, 0.3) is 11.3 Å². The third kappa shape index (κ3) is 2.80. The largest absolute Gasteiger partial charge is 0.469 e. The molecule has 2 aromatic rings. The number of halogens is 1. The maximum Gasteiger partial charge on any atom is 0.310 e. The molecule has 1 heterocycles. The highest BCUT2D eigenvalue weighted by Gasteiger charge is 2.15. The second-order valence-electron chi connectivity index (χ2n) is 3.58. The Labute approximate surface area is 113 Å². The van der Waals surface area contributed by atoms with Gasteiger partial charge < -0.3 is 10.5 Å². The minimum absolute atomic E-state index is 0.170. The summed E-state index contributed by atoms with van der Waals surface area (Å²) in [5.41, 5.74) is 7.28. The third-order valence-corrected chi connectivity index (χ3v) is 3.50. The summed E-state index contributed by atoms with van der Waals surface area (Å²) in [7, 11) is 1.36. The van der Waals surface area contributed by atoms with Crippen molar-refractivity contribution >= 4 is 34.0 Å². The Bertz CT molecular complexity index is 566. The number of hydrogen-bond donors (Lipinski definition) is 1. The van der Waals surface area contributed by atoms with Gasteiger partial charge in [-0.25, -0.2) is 4.98 Å². The standard InChI is InChI=1S/C12H11ClN2O2S/c1-17-10(16)6-9-11(15-12(14)18-9)7-2-4-8(13)5-3-7/h2-5H,6H2,1H3,(H2,14,15). The van der Waals surface area contributed by atoms with E-state index in [4.69, 9.17) is 17.3 Å². The van der Waals surface area contributed by atoms with Gasteiger partial charge in [-0.15, -0.1) is 11.3 Å². The minimum atomic E-state index is -0.311. The van der Waals surface area contributed by atoms with E-state index >= 15 is 0 Å². The first kappa shape index (κ1) is 12.9. The van der Waals surface area contributed by atoms with Gasteiger partial charge in [0.15, 0.2) is 5.13 Å². The summed E-state index contributed by atoms with van der Waals surface area (Å²) in [6, 6.07) is 7.23. The normalized spacial score (nSPS) is 10.3. The number of rotatable bonds is 3. The molecule has 1 aromatic heterocycles. The van der Waals surface area contributed by atoms with Crippen LogP contribution in [-0.4, -0.2) is 18.1 Å². The molecule has 0 atom stereocenters. The van der Waals surface area contributed by atoms with Gasteiger partial charge in [0.2, 0.25) is 0 Å². The molecule has 0 fully saturated rings. The molecule has 18 heavy (non-hydrogen) atoms. The molecule has 0 bridgehead atoms. The highest BCUT2D eigenvalue weighted by atomic mass is 35.5. The molecule has 0 aliphatic rings. The lowest BCUT2D eigenvalue weighted by Crippen LogP contribution is -2.03. The van der Waals surface area contributed by atoms with E-state index in [0.717, 1.165) is 10.4 Å². The molecular formula is C12H11ClN2O2S. The van der Waals surface area contributed by atoms with Crippen molar-refractivity contribution in [1.82, 2.24) is 4.98 Å². The smallest absolute Gasteiger partial charge is 0.310 e. The van der Waals surface area contributed by atoms with E-state index in [2.05, 4.69) is 9.72 Å². The maximum atomic E-state index is 11.3. The summed E-state index contributed by atoms with van der Waals surface area (Å²) >= 11 is 7.12. The first-order chi connectivity index (χ1) is 8.60. The van der Waals surface area contributed by atoms with Crippen molar-refractivity contribution < 1.29 is 9.53 Å². The predicted molar refractivity (Wildman–Crippen MR) is 72.7 cm³/mol. The SMILES string of the molecule is COC(=O)Cc1sc(N)nc1-c1ccc(Cl)cc1. The van der Waals surface area contributed by atoms with E-state index in [0.29, 0.717) is 15.8 Å². The molecule has 0 radical (unpaired) electrons. The summed E-state index contributed by atoms with van der Waals surface area (Å²) < 4.78 is 4.65. The van der Waals surface area contributed by atoms with Crippen LogP contribution in [0.2, 0.25) is 5.02 Å².